The highest BCUT2D eigenvalue weighted by Crippen LogP contribution is 2.32. The van der Waals surface area contributed by atoms with E-state index in [1.165, 1.54) is 0 Å². The molecule has 2 aromatic rings. The number of amides is 1. The molecule has 25 heavy (non-hydrogen) atoms. The van der Waals surface area contributed by atoms with Crippen molar-refractivity contribution in [2.24, 2.45) is 5.92 Å². The zero-order valence-corrected chi connectivity index (χ0v) is 14.2. The topological polar surface area (TPSA) is 71.6 Å². The highest BCUT2D eigenvalue weighted by atomic mass is 35.5. The molecule has 0 bridgehead atoms. The molecule has 0 aromatic heterocycles. The van der Waals surface area contributed by atoms with Crippen molar-refractivity contribution in [2.75, 3.05) is 13.3 Å². The number of ether oxygens (including phenoxy) is 2. The molecule has 0 radical (unpaired) electrons. The molecule has 3 N–H and O–H groups in total. The number of carbonyl (C=O) groups is 1. The molecule has 7 heteroatoms. The predicted molar refractivity (Wildman–Crippen MR) is 93.2 cm³/mol. The molecular formula is C18H18ClN3O3. The highest BCUT2D eigenvalue weighted by molar-refractivity contribution is 6.30. The van der Waals surface area contributed by atoms with Crippen LogP contribution in [0.15, 0.2) is 42.5 Å². The summed E-state index contributed by atoms with van der Waals surface area (Å²) in [5.41, 5.74) is 8.23. The van der Waals surface area contributed by atoms with E-state index in [-0.39, 0.29) is 24.7 Å². The van der Waals surface area contributed by atoms with E-state index in [9.17, 15) is 4.79 Å². The third kappa shape index (κ3) is 3.42. The maximum Gasteiger partial charge on any atom is 0.231 e. The van der Waals surface area contributed by atoms with Crippen LogP contribution in [-0.4, -0.2) is 19.2 Å². The molecule has 130 valence electrons. The van der Waals surface area contributed by atoms with Gasteiger partial charge in [-0.3, -0.25) is 10.2 Å². The number of halogens is 1. The van der Waals surface area contributed by atoms with Crippen molar-refractivity contribution in [2.45, 2.75) is 12.6 Å². The van der Waals surface area contributed by atoms with Gasteiger partial charge in [-0.25, -0.2) is 5.43 Å². The quantitative estimate of drug-likeness (QED) is 0.780. The van der Waals surface area contributed by atoms with Crippen molar-refractivity contribution in [3.63, 3.8) is 0 Å². The lowest BCUT2D eigenvalue weighted by Crippen LogP contribution is -2.34. The van der Waals surface area contributed by atoms with Crippen LogP contribution in [0.1, 0.15) is 17.2 Å². The van der Waals surface area contributed by atoms with Gasteiger partial charge in [0.15, 0.2) is 11.5 Å². The van der Waals surface area contributed by atoms with Gasteiger partial charge in [-0.15, -0.1) is 0 Å². The van der Waals surface area contributed by atoms with Crippen LogP contribution in [0.4, 0.5) is 0 Å². The number of benzene rings is 2. The second kappa shape index (κ2) is 6.92. The molecule has 2 aliphatic rings. The average molecular weight is 360 g/mol. The third-order valence-electron chi connectivity index (χ3n) is 4.45. The van der Waals surface area contributed by atoms with E-state index in [1.54, 1.807) is 0 Å². The zero-order valence-electron chi connectivity index (χ0n) is 13.4. The van der Waals surface area contributed by atoms with Gasteiger partial charge in [0.2, 0.25) is 12.7 Å². The van der Waals surface area contributed by atoms with E-state index >= 15 is 0 Å². The summed E-state index contributed by atoms with van der Waals surface area (Å²) in [5, 5.41) is 3.68. The standard InChI is InChI=1S/C18H18ClN3O3/c19-13-4-2-12(3-5-13)17-14(9-21-22-17)18(23)20-8-11-1-6-15-16(7-11)25-10-24-15/h1-7,14,17,21-22H,8-10H2,(H,20,23). The lowest BCUT2D eigenvalue weighted by Gasteiger charge is -2.18. The van der Waals surface area contributed by atoms with Crippen LogP contribution in [0.5, 0.6) is 11.5 Å². The molecule has 1 fully saturated rings. The van der Waals surface area contributed by atoms with Crippen LogP contribution >= 0.6 is 11.6 Å². The number of carbonyl (C=O) groups excluding carboxylic acids is 1. The summed E-state index contributed by atoms with van der Waals surface area (Å²) in [6.45, 7) is 1.26. The van der Waals surface area contributed by atoms with E-state index in [2.05, 4.69) is 16.2 Å². The van der Waals surface area contributed by atoms with Gasteiger partial charge >= 0.3 is 0 Å². The van der Waals surface area contributed by atoms with Gasteiger partial charge in [0.05, 0.1) is 12.0 Å². The van der Waals surface area contributed by atoms with Crippen molar-refractivity contribution >= 4 is 17.5 Å². The van der Waals surface area contributed by atoms with E-state index < -0.39 is 0 Å². The summed E-state index contributed by atoms with van der Waals surface area (Å²) >= 11 is 5.94. The van der Waals surface area contributed by atoms with Crippen molar-refractivity contribution in [3.8, 4) is 11.5 Å². The van der Waals surface area contributed by atoms with Gasteiger partial charge in [0.25, 0.3) is 0 Å². The molecule has 2 aromatic carbocycles. The first-order valence-electron chi connectivity index (χ1n) is 8.11. The fourth-order valence-corrected chi connectivity index (χ4v) is 3.22. The van der Waals surface area contributed by atoms with Crippen molar-refractivity contribution in [3.05, 3.63) is 58.6 Å². The molecular weight excluding hydrogens is 342 g/mol. The number of rotatable bonds is 4. The van der Waals surface area contributed by atoms with Gasteiger partial charge in [-0.2, -0.15) is 0 Å². The molecule has 2 atom stereocenters. The summed E-state index contributed by atoms with van der Waals surface area (Å²) in [6, 6.07) is 13.1. The minimum Gasteiger partial charge on any atom is -0.454 e. The zero-order chi connectivity index (χ0) is 17.2. The van der Waals surface area contributed by atoms with E-state index in [1.807, 2.05) is 42.5 Å². The van der Waals surface area contributed by atoms with Crippen LogP contribution in [0.2, 0.25) is 5.02 Å². The molecule has 0 saturated carbocycles. The second-order valence-corrected chi connectivity index (χ2v) is 6.50. The first-order chi connectivity index (χ1) is 12.2. The Morgan fingerprint density at radius 1 is 1.16 bits per heavy atom. The number of nitrogens with one attached hydrogen (secondary N) is 3. The summed E-state index contributed by atoms with van der Waals surface area (Å²) in [7, 11) is 0. The van der Waals surface area contributed by atoms with Crippen molar-refractivity contribution in [1.82, 2.24) is 16.2 Å². The molecule has 1 amide bonds. The minimum atomic E-state index is -0.199. The Kier molecular flexibility index (Phi) is 4.48. The maximum atomic E-state index is 12.6. The molecule has 2 aliphatic heterocycles. The van der Waals surface area contributed by atoms with E-state index in [0.29, 0.717) is 18.1 Å². The lowest BCUT2D eigenvalue weighted by atomic mass is 9.94. The van der Waals surface area contributed by atoms with Crippen LogP contribution in [0.25, 0.3) is 0 Å². The van der Waals surface area contributed by atoms with Crippen molar-refractivity contribution < 1.29 is 14.3 Å². The number of hydrazine groups is 1. The second-order valence-electron chi connectivity index (χ2n) is 6.07. The molecule has 0 aliphatic carbocycles. The Morgan fingerprint density at radius 3 is 2.80 bits per heavy atom. The first-order valence-corrected chi connectivity index (χ1v) is 8.48. The summed E-state index contributed by atoms with van der Waals surface area (Å²) < 4.78 is 10.7. The van der Waals surface area contributed by atoms with Gasteiger partial charge in [-0.05, 0) is 35.4 Å². The summed E-state index contributed by atoms with van der Waals surface area (Å²) in [4.78, 5) is 12.6. The summed E-state index contributed by atoms with van der Waals surface area (Å²) in [6.07, 6.45) is 0. The average Bonchev–Trinajstić information content (AvgIpc) is 3.29. The van der Waals surface area contributed by atoms with Gasteiger partial charge in [-0.1, -0.05) is 29.8 Å². The Bertz CT molecular complexity index is 782. The van der Waals surface area contributed by atoms with Gasteiger partial charge in [0.1, 0.15) is 0 Å². The SMILES string of the molecule is O=C(NCc1ccc2c(c1)OCO2)C1CNNC1c1ccc(Cl)cc1. The van der Waals surface area contributed by atoms with Crippen molar-refractivity contribution in [1.29, 1.82) is 0 Å². The monoisotopic (exact) mass is 359 g/mol. The molecule has 1 saturated heterocycles. The lowest BCUT2D eigenvalue weighted by molar-refractivity contribution is -0.125. The Morgan fingerprint density at radius 2 is 1.96 bits per heavy atom. The first kappa shape index (κ1) is 16.2. The molecule has 2 heterocycles. The van der Waals surface area contributed by atoms with E-state index in [0.717, 1.165) is 22.6 Å². The van der Waals surface area contributed by atoms with Crippen LogP contribution in [0.3, 0.4) is 0 Å². The number of hydrogen-bond acceptors (Lipinski definition) is 5. The fraction of sp³-hybridized carbons (Fsp3) is 0.278. The smallest absolute Gasteiger partial charge is 0.231 e. The Hall–Kier alpha value is -2.28. The molecule has 4 rings (SSSR count). The van der Waals surface area contributed by atoms with Gasteiger partial charge < -0.3 is 14.8 Å². The van der Waals surface area contributed by atoms with Crippen LogP contribution < -0.4 is 25.6 Å². The third-order valence-corrected chi connectivity index (χ3v) is 4.70. The van der Waals surface area contributed by atoms with Crippen LogP contribution in [-0.2, 0) is 11.3 Å². The number of fused-ring (bicyclic) bond motifs is 1. The normalized spacial score (nSPS) is 21.3. The fourth-order valence-electron chi connectivity index (χ4n) is 3.10. The predicted octanol–water partition coefficient (Wildman–Crippen LogP) is 2.15. The molecule has 6 nitrogen and oxygen atoms in total. The summed E-state index contributed by atoms with van der Waals surface area (Å²) in [5.74, 6) is 1.25. The molecule has 2 unspecified atom stereocenters. The highest BCUT2D eigenvalue weighted by Gasteiger charge is 2.33. The Labute approximate surface area is 150 Å². The number of hydrogen-bond donors (Lipinski definition) is 3. The minimum absolute atomic E-state index is 0.00452. The largest absolute Gasteiger partial charge is 0.454 e. The van der Waals surface area contributed by atoms with E-state index in [4.69, 9.17) is 21.1 Å². The van der Waals surface area contributed by atoms with Crippen LogP contribution in [0, 0.1) is 5.92 Å². The van der Waals surface area contributed by atoms with Gasteiger partial charge in [0, 0.05) is 18.1 Å². The maximum absolute atomic E-state index is 12.6. The molecule has 0 spiro atoms. The Balaban J connectivity index is 1.41.